The number of anilines is 1. The van der Waals surface area contributed by atoms with Crippen LogP contribution in [0.4, 0.5) is 5.69 Å². The van der Waals surface area contributed by atoms with Crippen molar-refractivity contribution in [2.45, 2.75) is 29.9 Å². The number of para-hydroxylation sites is 2. The lowest BCUT2D eigenvalue weighted by Crippen LogP contribution is -2.56. The summed E-state index contributed by atoms with van der Waals surface area (Å²) in [5.41, 5.74) is 1.89. The maximum absolute atomic E-state index is 13.0. The fourth-order valence-corrected chi connectivity index (χ4v) is 4.47. The average molecular weight is 385 g/mol. The largest absolute Gasteiger partial charge is 0.496 e. The van der Waals surface area contributed by atoms with E-state index in [0.29, 0.717) is 19.5 Å². The van der Waals surface area contributed by atoms with Gasteiger partial charge in [-0.1, -0.05) is 42.1 Å². The first-order valence-corrected chi connectivity index (χ1v) is 9.83. The van der Waals surface area contributed by atoms with Crippen LogP contribution in [-0.2, 0) is 16.0 Å². The summed E-state index contributed by atoms with van der Waals surface area (Å²) in [7, 11) is 1.63. The highest BCUT2D eigenvalue weighted by molar-refractivity contribution is 8.02. The van der Waals surface area contributed by atoms with Crippen molar-refractivity contribution >= 4 is 29.3 Å². The Morgan fingerprint density at radius 3 is 2.63 bits per heavy atom. The highest BCUT2D eigenvalue weighted by atomic mass is 32.2. The fourth-order valence-electron chi connectivity index (χ4n) is 3.24. The number of rotatable bonds is 6. The Hall–Kier alpha value is -2.47. The number of fused-ring (bicyclic) bond motifs is 1. The van der Waals surface area contributed by atoms with Gasteiger partial charge in [0.05, 0.1) is 12.8 Å². The van der Waals surface area contributed by atoms with E-state index in [1.165, 1.54) is 11.8 Å². The van der Waals surface area contributed by atoms with Crippen LogP contribution in [0, 0.1) is 0 Å². The van der Waals surface area contributed by atoms with Crippen LogP contribution < -0.4 is 15.0 Å². The molecule has 2 aromatic carbocycles. The maximum Gasteiger partial charge on any atom is 0.252 e. The van der Waals surface area contributed by atoms with Crippen molar-refractivity contribution in [2.24, 2.45) is 0 Å². The summed E-state index contributed by atoms with van der Waals surface area (Å²) in [6, 6.07) is 15.4. The van der Waals surface area contributed by atoms with Gasteiger partial charge in [-0.25, -0.2) is 0 Å². The number of carbonyl (C=O) groups excluding carboxylic acids is 2. The highest BCUT2D eigenvalue weighted by Crippen LogP contribution is 2.45. The van der Waals surface area contributed by atoms with Crippen molar-refractivity contribution in [2.75, 3.05) is 25.1 Å². The van der Waals surface area contributed by atoms with Crippen LogP contribution in [-0.4, -0.2) is 36.8 Å². The number of methoxy groups -OCH3 is 1. The molecule has 1 N–H and O–H groups in total. The van der Waals surface area contributed by atoms with Crippen molar-refractivity contribution in [3.8, 4) is 5.75 Å². The Morgan fingerprint density at radius 2 is 1.89 bits per heavy atom. The second-order valence-electron chi connectivity index (χ2n) is 6.47. The monoisotopic (exact) mass is 384 g/mol. The second kappa shape index (κ2) is 8.05. The molecule has 5 nitrogen and oxygen atoms in total. The number of nitrogens with zero attached hydrogens (tertiary/aromatic N) is 1. The molecule has 142 valence electrons. The molecule has 1 heterocycles. The topological polar surface area (TPSA) is 58.6 Å². The number of thioether (sulfide) groups is 1. The minimum Gasteiger partial charge on any atom is -0.496 e. The van der Waals surface area contributed by atoms with Gasteiger partial charge in [-0.05, 0) is 44.0 Å². The van der Waals surface area contributed by atoms with Crippen LogP contribution in [0.2, 0.25) is 0 Å². The first kappa shape index (κ1) is 19.3. The minimum atomic E-state index is -1.18. The van der Waals surface area contributed by atoms with Gasteiger partial charge in [0, 0.05) is 18.0 Å². The van der Waals surface area contributed by atoms with Crippen molar-refractivity contribution in [1.29, 1.82) is 0 Å². The van der Waals surface area contributed by atoms with Gasteiger partial charge in [0.2, 0.25) is 5.91 Å². The Bertz CT molecular complexity index is 855. The molecule has 27 heavy (non-hydrogen) atoms. The van der Waals surface area contributed by atoms with Gasteiger partial charge in [0.1, 0.15) is 5.75 Å². The number of carbonyl (C=O) groups is 2. The number of benzene rings is 2. The van der Waals surface area contributed by atoms with Gasteiger partial charge in [0.15, 0.2) is 4.75 Å². The van der Waals surface area contributed by atoms with Crippen molar-refractivity contribution in [3.63, 3.8) is 0 Å². The van der Waals surface area contributed by atoms with Gasteiger partial charge in [-0.15, -0.1) is 0 Å². The Kier molecular flexibility index (Phi) is 5.75. The van der Waals surface area contributed by atoms with Crippen molar-refractivity contribution in [3.05, 3.63) is 54.1 Å². The molecule has 0 aliphatic carbocycles. The lowest BCUT2D eigenvalue weighted by Gasteiger charge is -2.38. The predicted molar refractivity (Wildman–Crippen MR) is 108 cm³/mol. The number of ether oxygens (including phenoxy) is 1. The van der Waals surface area contributed by atoms with Gasteiger partial charge in [0.25, 0.3) is 5.91 Å². The number of hydrogen-bond donors (Lipinski definition) is 1. The molecule has 0 saturated heterocycles. The molecule has 0 saturated carbocycles. The first-order chi connectivity index (χ1) is 13.0. The van der Waals surface area contributed by atoms with Crippen LogP contribution in [0.3, 0.4) is 0 Å². The zero-order chi connectivity index (χ0) is 19.4. The summed E-state index contributed by atoms with van der Waals surface area (Å²) in [6.45, 7) is 4.60. The fraction of sp³-hybridized carbons (Fsp3) is 0.333. The zero-order valence-corrected chi connectivity index (χ0v) is 16.6. The summed E-state index contributed by atoms with van der Waals surface area (Å²) in [6.07, 6.45) is 0.638. The third kappa shape index (κ3) is 3.67. The Balaban J connectivity index is 1.73. The summed E-state index contributed by atoms with van der Waals surface area (Å²) in [5, 5.41) is 2.94. The SMILES string of the molecule is CCN1C(=O)C(C)(C(=O)NCCc2ccccc2OC)Sc2ccccc21. The standard InChI is InChI=1S/C21H24N2O3S/c1-4-23-16-10-6-8-12-18(16)27-21(2,20(23)25)19(24)22-14-13-15-9-5-7-11-17(15)26-3/h5-12H,4,13-14H2,1-3H3,(H,22,24). The molecule has 0 spiro atoms. The molecule has 3 rings (SSSR count). The van der Waals surface area contributed by atoms with E-state index in [1.54, 1.807) is 18.9 Å². The zero-order valence-electron chi connectivity index (χ0n) is 15.8. The molecule has 2 aromatic rings. The van der Waals surface area contributed by atoms with Crippen LogP contribution >= 0.6 is 11.8 Å². The second-order valence-corrected chi connectivity index (χ2v) is 7.93. The predicted octanol–water partition coefficient (Wildman–Crippen LogP) is 3.27. The molecule has 0 fully saturated rings. The van der Waals surface area contributed by atoms with Gasteiger partial charge >= 0.3 is 0 Å². The summed E-state index contributed by atoms with van der Waals surface area (Å²) in [4.78, 5) is 28.6. The molecule has 1 aliphatic rings. The summed E-state index contributed by atoms with van der Waals surface area (Å²) < 4.78 is 4.17. The molecule has 1 aliphatic heterocycles. The third-order valence-electron chi connectivity index (χ3n) is 4.75. The van der Waals surface area contributed by atoms with Gasteiger partial charge < -0.3 is 15.0 Å². The van der Waals surface area contributed by atoms with Gasteiger partial charge in [-0.3, -0.25) is 9.59 Å². The molecule has 6 heteroatoms. The normalized spacial score (nSPS) is 18.8. The Labute approximate surface area is 164 Å². The van der Waals surface area contributed by atoms with E-state index in [-0.39, 0.29) is 11.8 Å². The Morgan fingerprint density at radius 1 is 1.19 bits per heavy atom. The third-order valence-corrected chi connectivity index (χ3v) is 6.08. The molecular weight excluding hydrogens is 360 g/mol. The molecule has 1 unspecified atom stereocenters. The molecule has 1 atom stereocenters. The van der Waals surface area contributed by atoms with Crippen LogP contribution in [0.15, 0.2) is 53.4 Å². The van der Waals surface area contributed by atoms with Gasteiger partial charge in [-0.2, -0.15) is 0 Å². The first-order valence-electron chi connectivity index (χ1n) is 9.01. The average Bonchev–Trinajstić information content (AvgIpc) is 2.69. The highest BCUT2D eigenvalue weighted by Gasteiger charge is 2.48. The van der Waals surface area contributed by atoms with Crippen LogP contribution in [0.25, 0.3) is 0 Å². The van der Waals surface area contributed by atoms with E-state index >= 15 is 0 Å². The molecule has 2 amide bonds. The minimum absolute atomic E-state index is 0.177. The number of amides is 2. The molecule has 0 aromatic heterocycles. The van der Waals surface area contributed by atoms with Crippen molar-refractivity contribution < 1.29 is 14.3 Å². The van der Waals surface area contributed by atoms with Crippen LogP contribution in [0.1, 0.15) is 19.4 Å². The number of hydrogen-bond acceptors (Lipinski definition) is 4. The van der Waals surface area contributed by atoms with E-state index in [9.17, 15) is 9.59 Å². The molecular formula is C21H24N2O3S. The lowest BCUT2D eigenvalue weighted by molar-refractivity contribution is -0.131. The van der Waals surface area contributed by atoms with E-state index in [2.05, 4.69) is 5.32 Å². The molecule has 0 radical (unpaired) electrons. The van der Waals surface area contributed by atoms with Crippen LogP contribution in [0.5, 0.6) is 5.75 Å². The molecule has 0 bridgehead atoms. The quantitative estimate of drug-likeness (QED) is 0.777. The van der Waals surface area contributed by atoms with E-state index < -0.39 is 4.75 Å². The van der Waals surface area contributed by atoms with E-state index in [0.717, 1.165) is 21.9 Å². The van der Waals surface area contributed by atoms with E-state index in [4.69, 9.17) is 4.74 Å². The number of nitrogens with one attached hydrogen (secondary N) is 1. The summed E-state index contributed by atoms with van der Waals surface area (Å²) >= 11 is 1.32. The maximum atomic E-state index is 13.0. The van der Waals surface area contributed by atoms with Crippen molar-refractivity contribution in [1.82, 2.24) is 5.32 Å². The lowest BCUT2D eigenvalue weighted by atomic mass is 10.1. The summed E-state index contributed by atoms with van der Waals surface area (Å²) in [5.74, 6) is 0.357. The smallest absolute Gasteiger partial charge is 0.252 e. The van der Waals surface area contributed by atoms with E-state index in [1.807, 2.05) is 55.5 Å².